The van der Waals surface area contributed by atoms with Crippen molar-refractivity contribution in [2.45, 2.75) is 114 Å². The maximum Gasteiger partial charge on any atom is 0.238 e. The molecule has 2 nitrogen and oxygen atoms in total. The molecule has 1 aromatic rings. The number of allylic oxidation sites excluding steroid dienone is 4. The van der Waals surface area contributed by atoms with Crippen molar-refractivity contribution in [1.29, 1.82) is 0 Å². The minimum absolute atomic E-state index is 0.0278. The van der Waals surface area contributed by atoms with E-state index >= 15 is 4.39 Å². The molecule has 1 aromatic carbocycles. The Labute approximate surface area is 231 Å². The second-order valence-corrected chi connectivity index (χ2v) is 9.98. The molecule has 2 atom stereocenters. The van der Waals surface area contributed by atoms with Crippen LogP contribution in [0.1, 0.15) is 104 Å². The Morgan fingerprint density at radius 2 is 1.68 bits per heavy atom. The molecule has 0 spiro atoms. The van der Waals surface area contributed by atoms with Crippen LogP contribution in [-0.2, 0) is 0 Å². The van der Waals surface area contributed by atoms with Crippen molar-refractivity contribution in [2.24, 2.45) is 5.92 Å². The molecular weight excluding hydrogens is 481 g/mol. The predicted molar refractivity (Wildman–Crippen MR) is 160 cm³/mol. The maximum absolute atomic E-state index is 15.1. The highest BCUT2D eigenvalue weighted by Crippen LogP contribution is 2.21. The van der Waals surface area contributed by atoms with Crippen molar-refractivity contribution in [3.63, 3.8) is 0 Å². The van der Waals surface area contributed by atoms with Gasteiger partial charge in [0.05, 0.1) is 5.56 Å². The number of alkyl halides is 2. The van der Waals surface area contributed by atoms with Crippen LogP contribution in [-0.4, -0.2) is 35.8 Å². The third-order valence-corrected chi connectivity index (χ3v) is 6.64. The summed E-state index contributed by atoms with van der Waals surface area (Å²) >= 11 is 0. The number of rotatable bonds is 10. The van der Waals surface area contributed by atoms with E-state index in [1.54, 1.807) is 6.07 Å². The summed E-state index contributed by atoms with van der Waals surface area (Å²) < 4.78 is 39.0. The van der Waals surface area contributed by atoms with E-state index in [4.69, 9.17) is 0 Å². The fraction of sp³-hybridized carbons (Fsp3) is 0.606. The van der Waals surface area contributed by atoms with E-state index in [9.17, 15) is 8.78 Å². The molecule has 0 aliphatic carbocycles. The minimum atomic E-state index is -2.12. The molecule has 5 heteroatoms. The minimum Gasteiger partial charge on any atom is -0.386 e. The second-order valence-electron chi connectivity index (χ2n) is 9.98. The third-order valence-electron chi connectivity index (χ3n) is 6.64. The van der Waals surface area contributed by atoms with Gasteiger partial charge in [0, 0.05) is 30.2 Å². The van der Waals surface area contributed by atoms with Gasteiger partial charge in [-0.15, -0.1) is 0 Å². The van der Waals surface area contributed by atoms with Gasteiger partial charge in [-0.05, 0) is 69.7 Å². The summed E-state index contributed by atoms with van der Waals surface area (Å²) in [6.07, 6.45) is 11.0. The van der Waals surface area contributed by atoms with E-state index in [0.717, 1.165) is 59.8 Å². The Hall–Kier alpha value is -2.30. The number of hydrogen-bond acceptors (Lipinski definition) is 1. The van der Waals surface area contributed by atoms with E-state index in [1.807, 2.05) is 27.7 Å². The fourth-order valence-corrected chi connectivity index (χ4v) is 4.34. The van der Waals surface area contributed by atoms with Crippen LogP contribution in [0.4, 0.5) is 13.2 Å². The zero-order valence-electron chi connectivity index (χ0n) is 25.7. The predicted octanol–water partition coefficient (Wildman–Crippen LogP) is 9.55. The maximum atomic E-state index is 15.1. The summed E-state index contributed by atoms with van der Waals surface area (Å²) in [4.78, 5) is 0. The average molecular weight is 536 g/mol. The average Bonchev–Trinajstić information content (AvgIpc) is 2.87. The smallest absolute Gasteiger partial charge is 0.238 e. The monoisotopic (exact) mass is 535 g/mol. The highest BCUT2D eigenvalue weighted by atomic mass is 19.3. The third kappa shape index (κ3) is 13.0. The van der Waals surface area contributed by atoms with Crippen LogP contribution in [0.3, 0.4) is 0 Å². The first-order valence-corrected chi connectivity index (χ1v) is 14.5. The van der Waals surface area contributed by atoms with Gasteiger partial charge < -0.3 is 5.32 Å². The number of hydrogen-bond donors (Lipinski definition) is 1. The molecule has 2 unspecified atom stereocenters. The van der Waals surface area contributed by atoms with Gasteiger partial charge in [-0.1, -0.05) is 72.3 Å². The molecular formula is C33H54F3N2+. The molecule has 0 amide bonds. The van der Waals surface area contributed by atoms with Crippen LogP contribution in [0.2, 0.25) is 0 Å². The number of aryl methyl sites for hydroxylation is 2. The summed E-state index contributed by atoms with van der Waals surface area (Å²) in [6.45, 7) is 22.1. The highest BCUT2D eigenvalue weighted by molar-refractivity contribution is 6.10. The van der Waals surface area contributed by atoms with Crippen molar-refractivity contribution in [2.75, 3.05) is 13.1 Å². The molecule has 1 aliphatic rings. The Morgan fingerprint density at radius 3 is 2.21 bits per heavy atom. The summed E-state index contributed by atoms with van der Waals surface area (Å²) in [5.41, 5.74) is 6.00. The molecule has 0 radical (unpaired) electrons. The lowest BCUT2D eigenvalue weighted by atomic mass is 9.95. The number of nitrogens with zero attached hydrogens (tertiary/aromatic N) is 1. The number of nitrogens with one attached hydrogen (secondary N) is 1. The molecule has 216 valence electrons. The summed E-state index contributed by atoms with van der Waals surface area (Å²) in [5, 5.41) is 3.72. The lowest BCUT2D eigenvalue weighted by Gasteiger charge is -2.22. The Kier molecular flexibility index (Phi) is 18.5. The largest absolute Gasteiger partial charge is 0.386 e. The second kappa shape index (κ2) is 19.7. The van der Waals surface area contributed by atoms with E-state index in [0.29, 0.717) is 6.04 Å². The van der Waals surface area contributed by atoms with E-state index < -0.39 is 6.43 Å². The van der Waals surface area contributed by atoms with Crippen LogP contribution in [0, 0.1) is 25.6 Å². The normalized spacial score (nSPS) is 17.6. The first-order chi connectivity index (χ1) is 18.0. The van der Waals surface area contributed by atoms with Gasteiger partial charge >= 0.3 is 0 Å². The molecule has 0 bridgehead atoms. The molecule has 0 saturated heterocycles. The van der Waals surface area contributed by atoms with Crippen LogP contribution in [0.5, 0.6) is 0 Å². The first kappa shape index (κ1) is 35.7. The van der Waals surface area contributed by atoms with E-state index in [1.165, 1.54) is 25.5 Å². The van der Waals surface area contributed by atoms with E-state index in [-0.39, 0.29) is 12.2 Å². The van der Waals surface area contributed by atoms with Gasteiger partial charge in [0.15, 0.2) is 6.54 Å². The molecule has 1 aliphatic heterocycles. The fourth-order valence-electron chi connectivity index (χ4n) is 4.34. The molecule has 38 heavy (non-hydrogen) atoms. The van der Waals surface area contributed by atoms with E-state index in [2.05, 4.69) is 74.9 Å². The van der Waals surface area contributed by atoms with Gasteiger partial charge in [-0.3, -0.25) is 0 Å². The molecule has 1 N–H and O–H groups in total. The Balaban J connectivity index is 0.00000175. The Morgan fingerprint density at radius 1 is 1.05 bits per heavy atom. The SMILES string of the molecule is CC.CCC(C)CC(CC)N/C(C)=C/C[N+]1=C(c2c(C)cc(C)cc2F)/C(C)=C/C=C\CC1.CCC(F)F. The molecule has 2 rings (SSSR count). The van der Waals surface area contributed by atoms with Gasteiger partial charge in [0.25, 0.3) is 0 Å². The van der Waals surface area contributed by atoms with Crippen molar-refractivity contribution < 1.29 is 17.7 Å². The van der Waals surface area contributed by atoms with Crippen molar-refractivity contribution >= 4 is 5.71 Å². The highest BCUT2D eigenvalue weighted by Gasteiger charge is 2.25. The molecule has 0 aromatic heterocycles. The van der Waals surface area contributed by atoms with Gasteiger partial charge in [0.2, 0.25) is 12.1 Å². The standard InChI is InChI=1S/C28H42FN2.C3H6F2.C2H6/c1-8-20(3)18-25(9-2)30-24(7)14-16-31-15-12-10-11-13-22(5)28(31)27-23(6)17-21(4)19-26(27)29;1-2-3(4)5;1-2/h10-11,13-14,17,19-20,25,30H,8-9,12,15-16,18H2,1-7H3;3H,2H2,1H3;1-2H3/q+1;;/b11-10-,22-13+,24-14+,31-28?;;. The zero-order valence-corrected chi connectivity index (χ0v) is 25.7. The summed E-state index contributed by atoms with van der Waals surface area (Å²) in [7, 11) is 0. The van der Waals surface area contributed by atoms with Crippen LogP contribution in [0.15, 0.2) is 47.7 Å². The van der Waals surface area contributed by atoms with Crippen molar-refractivity contribution in [3.05, 3.63) is 70.2 Å². The Bertz CT molecular complexity index is 919. The topological polar surface area (TPSA) is 15.0 Å². The number of halogens is 3. The van der Waals surface area contributed by atoms with Gasteiger partial charge in [0.1, 0.15) is 12.4 Å². The summed E-state index contributed by atoms with van der Waals surface area (Å²) in [6, 6.07) is 4.23. The zero-order chi connectivity index (χ0) is 29.3. The van der Waals surface area contributed by atoms with Crippen LogP contribution >= 0.6 is 0 Å². The number of benzene rings is 1. The quantitative estimate of drug-likeness (QED) is 0.295. The van der Waals surface area contributed by atoms with Crippen LogP contribution < -0.4 is 5.32 Å². The first-order valence-electron chi connectivity index (χ1n) is 14.5. The molecule has 0 saturated carbocycles. The lowest BCUT2D eigenvalue weighted by Crippen LogP contribution is -2.30. The van der Waals surface area contributed by atoms with Gasteiger partial charge in [-0.2, -0.15) is 0 Å². The molecule has 0 fully saturated rings. The van der Waals surface area contributed by atoms with Crippen molar-refractivity contribution in [1.82, 2.24) is 5.32 Å². The lowest BCUT2D eigenvalue weighted by molar-refractivity contribution is -0.516. The van der Waals surface area contributed by atoms with Crippen molar-refractivity contribution in [3.8, 4) is 0 Å². The van der Waals surface area contributed by atoms with Gasteiger partial charge in [-0.25, -0.2) is 17.7 Å². The van der Waals surface area contributed by atoms with Crippen LogP contribution in [0.25, 0.3) is 0 Å². The molecule has 1 heterocycles. The summed E-state index contributed by atoms with van der Waals surface area (Å²) in [5.74, 6) is 0.597.